The van der Waals surface area contributed by atoms with E-state index >= 15 is 0 Å². The van der Waals surface area contributed by atoms with Gasteiger partial charge in [0.15, 0.2) is 0 Å². The van der Waals surface area contributed by atoms with Crippen molar-refractivity contribution in [2.24, 2.45) is 4.36 Å². The lowest BCUT2D eigenvalue weighted by atomic mass is 10.1. The molecule has 0 aliphatic heterocycles. The van der Waals surface area contributed by atoms with E-state index in [1.165, 1.54) is 6.26 Å². The summed E-state index contributed by atoms with van der Waals surface area (Å²) in [5.41, 5.74) is 1.04. The number of aromatic nitrogens is 1. The maximum absolute atomic E-state index is 12.8. The molecule has 9 heteroatoms. The number of nitrogens with zero attached hydrogens (tertiary/aromatic N) is 2. The number of carbonyl (C=O) groups excluding carboxylic acids is 1. The Hall–Kier alpha value is -2.55. The van der Waals surface area contributed by atoms with Crippen LogP contribution in [-0.2, 0) is 9.73 Å². The van der Waals surface area contributed by atoms with Crippen LogP contribution in [0.25, 0.3) is 11.3 Å². The van der Waals surface area contributed by atoms with Crippen LogP contribution in [0.1, 0.15) is 16.1 Å². The minimum absolute atomic E-state index is 0.188. The highest BCUT2D eigenvalue weighted by Crippen LogP contribution is 2.30. The first-order valence-corrected chi connectivity index (χ1v) is 10.8. The second kappa shape index (κ2) is 8.22. The van der Waals surface area contributed by atoms with E-state index in [1.54, 1.807) is 55.5 Å². The zero-order chi connectivity index (χ0) is 20.3. The minimum atomic E-state index is -2.79. The van der Waals surface area contributed by atoms with Gasteiger partial charge in [-0.3, -0.25) is 10.1 Å². The molecule has 1 amide bonds. The summed E-state index contributed by atoms with van der Waals surface area (Å²) < 4.78 is 22.0. The van der Waals surface area contributed by atoms with Crippen LogP contribution in [0, 0.1) is 6.92 Å². The lowest BCUT2D eigenvalue weighted by Crippen LogP contribution is -2.29. The highest BCUT2D eigenvalue weighted by molar-refractivity contribution is 7.94. The summed E-state index contributed by atoms with van der Waals surface area (Å²) in [6, 6.07) is 15.7. The topological polar surface area (TPSA) is 84.6 Å². The summed E-state index contributed by atoms with van der Waals surface area (Å²) in [4.78, 5) is 13.3. The molecule has 0 bridgehead atoms. The number of thiocarbonyl (C=S) groups is 1. The molecule has 28 heavy (non-hydrogen) atoms. The second-order valence-corrected chi connectivity index (χ2v) is 8.96. The number of rotatable bonds is 3. The molecule has 2 aromatic carbocycles. The molecule has 0 aliphatic rings. The minimum Gasteiger partial charge on any atom is -0.360 e. The normalized spacial score (nSPS) is 12.8. The largest absolute Gasteiger partial charge is 0.360 e. The van der Waals surface area contributed by atoms with Crippen LogP contribution in [0.2, 0.25) is 5.02 Å². The zero-order valence-corrected chi connectivity index (χ0v) is 17.4. The van der Waals surface area contributed by atoms with Gasteiger partial charge in [-0.05, 0) is 37.3 Å². The molecule has 0 unspecified atom stereocenters. The zero-order valence-electron chi connectivity index (χ0n) is 15.0. The molecule has 144 valence electrons. The van der Waals surface area contributed by atoms with Crippen LogP contribution in [0.3, 0.4) is 0 Å². The average molecular weight is 434 g/mol. The SMILES string of the molecule is Cc1onc(-c2ccccc2Cl)c1C(=O)NC(=S)N=[S@@](C)(=O)c1ccccc1. The van der Waals surface area contributed by atoms with Crippen LogP contribution < -0.4 is 5.32 Å². The second-order valence-electron chi connectivity index (χ2n) is 5.91. The number of aryl methyl sites for hydroxylation is 1. The van der Waals surface area contributed by atoms with Crippen LogP contribution >= 0.6 is 23.8 Å². The van der Waals surface area contributed by atoms with Gasteiger partial charge in [0.05, 0.1) is 14.8 Å². The van der Waals surface area contributed by atoms with Crippen molar-refractivity contribution in [1.29, 1.82) is 0 Å². The predicted molar refractivity (Wildman–Crippen MR) is 113 cm³/mol. The van der Waals surface area contributed by atoms with E-state index in [0.29, 0.717) is 26.9 Å². The number of hydrogen-bond donors (Lipinski definition) is 1. The number of halogens is 1. The molecular weight excluding hydrogens is 418 g/mol. The lowest BCUT2D eigenvalue weighted by Gasteiger charge is -2.07. The predicted octanol–water partition coefficient (Wildman–Crippen LogP) is 4.48. The molecule has 1 atom stereocenters. The van der Waals surface area contributed by atoms with Gasteiger partial charge in [0.25, 0.3) is 5.91 Å². The Kier molecular flexibility index (Phi) is 5.93. The first-order valence-electron chi connectivity index (χ1n) is 8.13. The molecule has 0 saturated heterocycles. The van der Waals surface area contributed by atoms with Gasteiger partial charge >= 0.3 is 0 Å². The standard InChI is InChI=1S/C19H16ClN3O3S2/c1-12-16(17(22-26-12)14-10-6-7-11-15(14)20)18(24)21-19(27)23-28(2,25)13-8-4-3-5-9-13/h3-11H,1-2H3,(H,21,24,27)/t28-/m0/s1. The molecular formula is C19H16ClN3O3S2. The van der Waals surface area contributed by atoms with E-state index in [2.05, 4.69) is 14.8 Å². The fraction of sp³-hybridized carbons (Fsp3) is 0.105. The molecule has 0 spiro atoms. The number of carbonyl (C=O) groups is 1. The van der Waals surface area contributed by atoms with Crippen molar-refractivity contribution in [2.75, 3.05) is 6.26 Å². The van der Waals surface area contributed by atoms with Crippen molar-refractivity contribution in [3.63, 3.8) is 0 Å². The van der Waals surface area contributed by atoms with Gasteiger partial charge in [0.1, 0.15) is 17.0 Å². The van der Waals surface area contributed by atoms with Crippen molar-refractivity contribution in [2.45, 2.75) is 11.8 Å². The summed E-state index contributed by atoms with van der Waals surface area (Å²) in [6.45, 7) is 1.61. The Bertz CT molecular complexity index is 1170. The molecule has 0 fully saturated rings. The molecule has 6 nitrogen and oxygen atoms in total. The molecule has 0 aliphatic carbocycles. The molecule has 0 saturated carbocycles. The Morgan fingerprint density at radius 2 is 1.82 bits per heavy atom. The highest BCUT2D eigenvalue weighted by Gasteiger charge is 2.24. The van der Waals surface area contributed by atoms with Crippen molar-refractivity contribution < 1.29 is 13.5 Å². The van der Waals surface area contributed by atoms with E-state index in [9.17, 15) is 9.00 Å². The number of nitrogens with one attached hydrogen (secondary N) is 1. The third-order valence-corrected chi connectivity index (χ3v) is 6.19. The Morgan fingerprint density at radius 1 is 1.18 bits per heavy atom. The summed E-state index contributed by atoms with van der Waals surface area (Å²) in [7, 11) is -2.79. The van der Waals surface area contributed by atoms with Gasteiger partial charge in [0.2, 0.25) is 5.11 Å². The molecule has 1 heterocycles. The van der Waals surface area contributed by atoms with Crippen molar-refractivity contribution in [1.82, 2.24) is 10.5 Å². The highest BCUT2D eigenvalue weighted by atomic mass is 35.5. The smallest absolute Gasteiger partial charge is 0.263 e. The molecule has 1 aromatic heterocycles. The van der Waals surface area contributed by atoms with E-state index in [4.69, 9.17) is 28.3 Å². The first kappa shape index (κ1) is 20.2. The fourth-order valence-corrected chi connectivity index (χ4v) is 4.42. The van der Waals surface area contributed by atoms with Crippen molar-refractivity contribution in [3.8, 4) is 11.3 Å². The van der Waals surface area contributed by atoms with Gasteiger partial charge in [-0.1, -0.05) is 53.2 Å². The summed E-state index contributed by atoms with van der Waals surface area (Å²) in [6.07, 6.45) is 1.46. The van der Waals surface area contributed by atoms with Gasteiger partial charge < -0.3 is 4.52 Å². The van der Waals surface area contributed by atoms with Crippen molar-refractivity contribution >= 4 is 44.6 Å². The first-order chi connectivity index (χ1) is 13.3. The van der Waals surface area contributed by atoms with Crippen LogP contribution in [-0.4, -0.2) is 26.6 Å². The molecule has 3 aromatic rings. The van der Waals surface area contributed by atoms with E-state index in [1.807, 2.05) is 6.07 Å². The number of hydrogen-bond acceptors (Lipinski definition) is 5. The van der Waals surface area contributed by atoms with Crippen LogP contribution in [0.5, 0.6) is 0 Å². The summed E-state index contributed by atoms with van der Waals surface area (Å²) in [5, 5.41) is 6.67. The Balaban J connectivity index is 1.90. The van der Waals surface area contributed by atoms with Crippen LogP contribution in [0.15, 0.2) is 68.4 Å². The van der Waals surface area contributed by atoms with Gasteiger partial charge in [-0.2, -0.15) is 4.36 Å². The fourth-order valence-electron chi connectivity index (χ4n) is 2.54. The monoisotopic (exact) mass is 433 g/mol. The van der Waals surface area contributed by atoms with Gasteiger partial charge in [0, 0.05) is 16.7 Å². The third kappa shape index (κ3) is 4.30. The van der Waals surface area contributed by atoms with E-state index in [0.717, 1.165) is 0 Å². The summed E-state index contributed by atoms with van der Waals surface area (Å²) >= 11 is 11.3. The Morgan fingerprint density at radius 3 is 2.50 bits per heavy atom. The number of benzene rings is 2. The quantitative estimate of drug-likeness (QED) is 0.616. The van der Waals surface area contributed by atoms with E-state index < -0.39 is 15.6 Å². The lowest BCUT2D eigenvalue weighted by molar-refractivity contribution is 0.0976. The van der Waals surface area contributed by atoms with Crippen LogP contribution in [0.4, 0.5) is 0 Å². The molecule has 1 N–H and O–H groups in total. The van der Waals surface area contributed by atoms with Gasteiger partial charge in [-0.25, -0.2) is 4.21 Å². The maximum Gasteiger partial charge on any atom is 0.263 e. The van der Waals surface area contributed by atoms with Crippen molar-refractivity contribution in [3.05, 3.63) is 70.9 Å². The Labute approximate surface area is 173 Å². The van der Waals surface area contributed by atoms with Gasteiger partial charge in [-0.15, -0.1) is 0 Å². The van der Waals surface area contributed by atoms with E-state index in [-0.39, 0.29) is 10.7 Å². The molecule has 0 radical (unpaired) electrons. The number of amides is 1. The third-order valence-electron chi connectivity index (χ3n) is 3.88. The maximum atomic E-state index is 12.8. The summed E-state index contributed by atoms with van der Waals surface area (Å²) in [5.74, 6) is -0.263. The molecule has 3 rings (SSSR count). The average Bonchev–Trinajstić information content (AvgIpc) is 3.03.